The Morgan fingerprint density at radius 1 is 1.10 bits per heavy atom. The molecule has 0 radical (unpaired) electrons. The molecule has 21 heavy (non-hydrogen) atoms. The summed E-state index contributed by atoms with van der Waals surface area (Å²) in [6.07, 6.45) is 1.94. The van der Waals surface area contributed by atoms with Crippen LogP contribution in [0.1, 0.15) is 22.9 Å². The van der Waals surface area contributed by atoms with E-state index in [1.165, 1.54) is 10.6 Å². The summed E-state index contributed by atoms with van der Waals surface area (Å²) in [5, 5.41) is 7.91. The molecule has 4 heteroatoms. The van der Waals surface area contributed by atoms with Crippen molar-refractivity contribution in [3.63, 3.8) is 0 Å². The number of rotatable bonds is 2. The molecule has 2 aromatic rings. The molecule has 1 aromatic carbocycles. The SMILES string of the molecule is CC1=NN(c2ccc(C)cc2)C(=O)C1=Cc1sccc1C. The Balaban J connectivity index is 1.96. The van der Waals surface area contributed by atoms with Gasteiger partial charge in [-0.15, -0.1) is 11.3 Å². The number of hydrogen-bond acceptors (Lipinski definition) is 3. The predicted molar refractivity (Wildman–Crippen MR) is 88.8 cm³/mol. The van der Waals surface area contributed by atoms with Crippen molar-refractivity contribution < 1.29 is 4.79 Å². The van der Waals surface area contributed by atoms with Gasteiger partial charge in [0.25, 0.3) is 5.91 Å². The largest absolute Gasteiger partial charge is 0.280 e. The van der Waals surface area contributed by atoms with Crippen molar-refractivity contribution in [3.05, 3.63) is 57.3 Å². The van der Waals surface area contributed by atoms with Crippen molar-refractivity contribution in [3.8, 4) is 0 Å². The van der Waals surface area contributed by atoms with Gasteiger partial charge in [-0.05, 0) is 56.0 Å². The molecule has 1 aliphatic rings. The Morgan fingerprint density at radius 2 is 1.81 bits per heavy atom. The summed E-state index contributed by atoms with van der Waals surface area (Å²) < 4.78 is 0. The van der Waals surface area contributed by atoms with E-state index in [-0.39, 0.29) is 5.91 Å². The highest BCUT2D eigenvalue weighted by Gasteiger charge is 2.28. The molecule has 0 aliphatic carbocycles. The number of aryl methyl sites for hydroxylation is 2. The Hall–Kier alpha value is -2.20. The molecule has 0 N–H and O–H groups in total. The summed E-state index contributed by atoms with van der Waals surface area (Å²) >= 11 is 1.64. The van der Waals surface area contributed by atoms with Gasteiger partial charge >= 0.3 is 0 Å². The van der Waals surface area contributed by atoms with Crippen LogP contribution in [0.4, 0.5) is 5.69 Å². The summed E-state index contributed by atoms with van der Waals surface area (Å²) in [5.41, 5.74) is 4.57. The number of carbonyl (C=O) groups is 1. The number of benzene rings is 1. The van der Waals surface area contributed by atoms with Crippen molar-refractivity contribution in [1.82, 2.24) is 0 Å². The van der Waals surface area contributed by atoms with Crippen LogP contribution in [-0.4, -0.2) is 11.6 Å². The lowest BCUT2D eigenvalue weighted by atomic mass is 10.1. The molecule has 1 aromatic heterocycles. The normalized spacial score (nSPS) is 16.7. The third-order valence-electron chi connectivity index (χ3n) is 3.52. The van der Waals surface area contributed by atoms with Crippen LogP contribution in [0.3, 0.4) is 0 Å². The van der Waals surface area contributed by atoms with Crippen molar-refractivity contribution in [1.29, 1.82) is 0 Å². The molecule has 3 nitrogen and oxygen atoms in total. The fourth-order valence-corrected chi connectivity index (χ4v) is 3.07. The Kier molecular flexibility index (Phi) is 3.47. The standard InChI is InChI=1S/C17H16N2OS/c1-11-4-6-14(7-5-11)19-17(20)15(13(3)18-19)10-16-12(2)8-9-21-16/h4-10H,1-3H3. The van der Waals surface area contributed by atoms with Crippen LogP contribution in [0.2, 0.25) is 0 Å². The first-order chi connectivity index (χ1) is 10.1. The van der Waals surface area contributed by atoms with Gasteiger partial charge < -0.3 is 0 Å². The zero-order chi connectivity index (χ0) is 15.0. The van der Waals surface area contributed by atoms with Gasteiger partial charge in [-0.25, -0.2) is 0 Å². The first-order valence-corrected chi connectivity index (χ1v) is 7.67. The Morgan fingerprint density at radius 3 is 2.43 bits per heavy atom. The molecule has 2 heterocycles. The molecule has 0 saturated heterocycles. The quantitative estimate of drug-likeness (QED) is 0.765. The highest BCUT2D eigenvalue weighted by atomic mass is 32.1. The second kappa shape index (κ2) is 5.30. The number of amides is 1. The van der Waals surface area contributed by atoms with Gasteiger partial charge in [-0.1, -0.05) is 17.7 Å². The van der Waals surface area contributed by atoms with Crippen LogP contribution in [0.15, 0.2) is 46.4 Å². The van der Waals surface area contributed by atoms with Crippen molar-refractivity contribution >= 4 is 34.7 Å². The molecule has 0 unspecified atom stereocenters. The van der Waals surface area contributed by atoms with E-state index in [0.717, 1.165) is 21.8 Å². The van der Waals surface area contributed by atoms with Crippen LogP contribution < -0.4 is 5.01 Å². The van der Waals surface area contributed by atoms with E-state index in [1.54, 1.807) is 11.3 Å². The molecule has 0 spiro atoms. The lowest BCUT2D eigenvalue weighted by Crippen LogP contribution is -2.21. The molecule has 0 atom stereocenters. The van der Waals surface area contributed by atoms with Crippen LogP contribution in [0, 0.1) is 13.8 Å². The minimum absolute atomic E-state index is 0.0656. The zero-order valence-electron chi connectivity index (χ0n) is 12.3. The second-order valence-electron chi connectivity index (χ2n) is 5.16. The molecular weight excluding hydrogens is 280 g/mol. The number of hydrogen-bond donors (Lipinski definition) is 0. The van der Waals surface area contributed by atoms with Gasteiger partial charge in [0.15, 0.2) is 0 Å². The average Bonchev–Trinajstić information content (AvgIpc) is 2.98. The topological polar surface area (TPSA) is 32.7 Å². The van der Waals surface area contributed by atoms with Crippen LogP contribution in [0.5, 0.6) is 0 Å². The van der Waals surface area contributed by atoms with E-state index >= 15 is 0 Å². The van der Waals surface area contributed by atoms with Crippen molar-refractivity contribution in [2.45, 2.75) is 20.8 Å². The smallest absolute Gasteiger partial charge is 0.267 e. The fraction of sp³-hybridized carbons (Fsp3) is 0.176. The predicted octanol–water partition coefficient (Wildman–Crippen LogP) is 4.17. The maximum Gasteiger partial charge on any atom is 0.280 e. The van der Waals surface area contributed by atoms with Gasteiger partial charge in [-0.2, -0.15) is 10.1 Å². The molecule has 3 rings (SSSR count). The van der Waals surface area contributed by atoms with Crippen LogP contribution in [-0.2, 0) is 4.79 Å². The van der Waals surface area contributed by atoms with Gasteiger partial charge in [0, 0.05) is 4.88 Å². The number of nitrogens with zero attached hydrogens (tertiary/aromatic N) is 2. The summed E-state index contributed by atoms with van der Waals surface area (Å²) in [5.74, 6) is -0.0656. The van der Waals surface area contributed by atoms with Crippen molar-refractivity contribution in [2.24, 2.45) is 5.10 Å². The summed E-state index contributed by atoms with van der Waals surface area (Å²) in [6, 6.07) is 9.87. The second-order valence-corrected chi connectivity index (χ2v) is 6.11. The van der Waals surface area contributed by atoms with E-state index in [4.69, 9.17) is 0 Å². The van der Waals surface area contributed by atoms with E-state index in [2.05, 4.69) is 11.2 Å². The number of thiophene rings is 1. The zero-order valence-corrected chi connectivity index (χ0v) is 13.1. The molecule has 0 saturated carbocycles. The third-order valence-corrected chi connectivity index (χ3v) is 4.48. The van der Waals surface area contributed by atoms with Crippen molar-refractivity contribution in [2.75, 3.05) is 5.01 Å². The summed E-state index contributed by atoms with van der Waals surface area (Å²) in [7, 11) is 0. The van der Waals surface area contributed by atoms with Crippen LogP contribution >= 0.6 is 11.3 Å². The molecule has 0 fully saturated rings. The summed E-state index contributed by atoms with van der Waals surface area (Å²) in [4.78, 5) is 13.7. The third kappa shape index (κ3) is 2.54. The van der Waals surface area contributed by atoms with Gasteiger partial charge in [0.2, 0.25) is 0 Å². The van der Waals surface area contributed by atoms with E-state index < -0.39 is 0 Å². The number of anilines is 1. The van der Waals surface area contributed by atoms with E-state index in [0.29, 0.717) is 5.57 Å². The summed E-state index contributed by atoms with van der Waals surface area (Å²) in [6.45, 7) is 5.95. The first-order valence-electron chi connectivity index (χ1n) is 6.79. The fourth-order valence-electron chi connectivity index (χ4n) is 2.21. The van der Waals surface area contributed by atoms with E-state index in [1.807, 2.05) is 56.5 Å². The minimum Gasteiger partial charge on any atom is -0.267 e. The highest BCUT2D eigenvalue weighted by molar-refractivity contribution is 7.11. The molecular formula is C17H16N2OS. The maximum atomic E-state index is 12.6. The monoisotopic (exact) mass is 296 g/mol. The van der Waals surface area contributed by atoms with Gasteiger partial charge in [0.05, 0.1) is 17.0 Å². The molecule has 106 valence electrons. The lowest BCUT2D eigenvalue weighted by molar-refractivity contribution is -0.114. The first kappa shape index (κ1) is 13.8. The Labute approximate surface area is 128 Å². The number of hydrazone groups is 1. The van der Waals surface area contributed by atoms with Gasteiger partial charge in [0.1, 0.15) is 0 Å². The highest BCUT2D eigenvalue weighted by Crippen LogP contribution is 2.27. The minimum atomic E-state index is -0.0656. The molecule has 1 amide bonds. The van der Waals surface area contributed by atoms with Gasteiger partial charge in [-0.3, -0.25) is 4.79 Å². The lowest BCUT2D eigenvalue weighted by Gasteiger charge is -2.11. The maximum absolute atomic E-state index is 12.6. The molecule has 1 aliphatic heterocycles. The Bertz CT molecular complexity index is 753. The van der Waals surface area contributed by atoms with E-state index in [9.17, 15) is 4.79 Å². The van der Waals surface area contributed by atoms with Crippen LogP contribution in [0.25, 0.3) is 6.08 Å². The average molecular weight is 296 g/mol. The molecule has 0 bridgehead atoms. The number of carbonyl (C=O) groups excluding carboxylic acids is 1.